The van der Waals surface area contributed by atoms with Gasteiger partial charge in [0.15, 0.2) is 11.9 Å². The average Bonchev–Trinajstić information content (AvgIpc) is 2.11. The molecule has 0 radical (unpaired) electrons. The molecule has 12 heavy (non-hydrogen) atoms. The first-order chi connectivity index (χ1) is 5.68. The van der Waals surface area contributed by atoms with Crippen LogP contribution in [0.2, 0.25) is 0 Å². The van der Waals surface area contributed by atoms with Gasteiger partial charge in [0.2, 0.25) is 0 Å². The molecule has 2 saturated carbocycles. The van der Waals surface area contributed by atoms with Crippen molar-refractivity contribution in [3.8, 4) is 0 Å². The van der Waals surface area contributed by atoms with Crippen molar-refractivity contribution in [2.45, 2.75) is 32.3 Å². The molecule has 2 aliphatic rings. The zero-order valence-electron chi connectivity index (χ0n) is 7.08. The highest BCUT2D eigenvalue weighted by Crippen LogP contribution is 2.46. The van der Waals surface area contributed by atoms with E-state index in [-0.39, 0.29) is 11.8 Å². The zero-order valence-corrected chi connectivity index (χ0v) is 7.08. The Morgan fingerprint density at radius 1 is 1.50 bits per heavy atom. The van der Waals surface area contributed by atoms with Crippen molar-refractivity contribution in [2.24, 2.45) is 11.8 Å². The van der Waals surface area contributed by atoms with Crippen LogP contribution in [0.25, 0.3) is 0 Å². The number of rotatable bonds is 1. The van der Waals surface area contributed by atoms with E-state index in [0.29, 0.717) is 18.3 Å². The maximum Gasteiger partial charge on any atom is 0.303 e. The summed E-state index contributed by atoms with van der Waals surface area (Å²) in [6, 6.07) is 0. The number of ketones is 1. The second-order valence-corrected chi connectivity index (χ2v) is 3.70. The standard InChI is InChI=1S/C9H12O3/c1-5(10)12-9-7-3-2-6(7)4-8(9)11/h6-7,9H,2-4H2,1H3/t6-,7-,9+/m1/s1. The van der Waals surface area contributed by atoms with Gasteiger partial charge in [-0.05, 0) is 18.8 Å². The van der Waals surface area contributed by atoms with E-state index in [9.17, 15) is 9.59 Å². The molecular weight excluding hydrogens is 156 g/mol. The van der Waals surface area contributed by atoms with Crippen LogP contribution in [-0.4, -0.2) is 17.9 Å². The van der Waals surface area contributed by atoms with Crippen LogP contribution >= 0.6 is 0 Å². The first-order valence-corrected chi connectivity index (χ1v) is 4.38. The molecule has 0 heterocycles. The summed E-state index contributed by atoms with van der Waals surface area (Å²) in [5.74, 6) is 0.654. The summed E-state index contributed by atoms with van der Waals surface area (Å²) in [7, 11) is 0. The second kappa shape index (κ2) is 2.57. The van der Waals surface area contributed by atoms with E-state index < -0.39 is 6.10 Å². The molecule has 3 nitrogen and oxygen atoms in total. The summed E-state index contributed by atoms with van der Waals surface area (Å²) in [5, 5.41) is 0. The maximum atomic E-state index is 11.3. The van der Waals surface area contributed by atoms with Crippen LogP contribution in [0.4, 0.5) is 0 Å². The Labute approximate surface area is 71.1 Å². The minimum atomic E-state index is -0.402. The van der Waals surface area contributed by atoms with Gasteiger partial charge < -0.3 is 4.74 Å². The summed E-state index contributed by atoms with van der Waals surface area (Å²) >= 11 is 0. The Morgan fingerprint density at radius 3 is 2.67 bits per heavy atom. The lowest BCUT2D eigenvalue weighted by atomic mass is 9.75. The lowest BCUT2D eigenvalue weighted by molar-refractivity contribution is -0.154. The third kappa shape index (κ3) is 1.04. The first-order valence-electron chi connectivity index (χ1n) is 4.38. The zero-order chi connectivity index (χ0) is 8.72. The Morgan fingerprint density at radius 2 is 2.25 bits per heavy atom. The Bertz CT molecular complexity index is 234. The molecule has 2 fully saturated rings. The van der Waals surface area contributed by atoms with Gasteiger partial charge >= 0.3 is 5.97 Å². The predicted octanol–water partition coefficient (Wildman–Crippen LogP) is 0.917. The van der Waals surface area contributed by atoms with Crippen LogP contribution in [0, 0.1) is 11.8 Å². The Kier molecular flexibility index (Phi) is 1.67. The third-order valence-corrected chi connectivity index (χ3v) is 2.94. The number of hydrogen-bond donors (Lipinski definition) is 0. The predicted molar refractivity (Wildman–Crippen MR) is 41.4 cm³/mol. The van der Waals surface area contributed by atoms with E-state index in [1.165, 1.54) is 6.92 Å². The molecule has 0 aliphatic heterocycles. The largest absolute Gasteiger partial charge is 0.454 e. The molecule has 0 aromatic carbocycles. The van der Waals surface area contributed by atoms with Gasteiger partial charge in [-0.2, -0.15) is 0 Å². The molecule has 0 bridgehead atoms. The van der Waals surface area contributed by atoms with Gasteiger partial charge in [0.1, 0.15) is 0 Å². The highest BCUT2D eigenvalue weighted by molar-refractivity contribution is 5.88. The van der Waals surface area contributed by atoms with Gasteiger partial charge in [0.25, 0.3) is 0 Å². The maximum absolute atomic E-state index is 11.3. The molecule has 0 aromatic heterocycles. The normalized spacial score (nSPS) is 38.8. The lowest BCUT2D eigenvalue weighted by Crippen LogP contribution is -2.33. The summed E-state index contributed by atoms with van der Waals surface area (Å²) in [5.41, 5.74) is 0. The van der Waals surface area contributed by atoms with Crippen LogP contribution < -0.4 is 0 Å². The molecule has 0 N–H and O–H groups in total. The molecule has 0 spiro atoms. The summed E-state index contributed by atoms with van der Waals surface area (Å²) in [4.78, 5) is 21.9. The Balaban J connectivity index is 2.04. The van der Waals surface area contributed by atoms with Crippen molar-refractivity contribution < 1.29 is 14.3 Å². The molecule has 3 heteroatoms. The SMILES string of the molecule is CC(=O)O[C@@H]1C(=O)C[C@H]2CC[C@H]21. The summed E-state index contributed by atoms with van der Waals surface area (Å²) in [6.45, 7) is 1.36. The fourth-order valence-electron chi connectivity index (χ4n) is 2.19. The van der Waals surface area contributed by atoms with Gasteiger partial charge in [-0.3, -0.25) is 9.59 Å². The van der Waals surface area contributed by atoms with E-state index in [1.807, 2.05) is 0 Å². The number of fused-ring (bicyclic) bond motifs is 1. The number of esters is 1. The van der Waals surface area contributed by atoms with Crippen molar-refractivity contribution in [2.75, 3.05) is 0 Å². The van der Waals surface area contributed by atoms with Gasteiger partial charge in [0.05, 0.1) is 0 Å². The molecule has 2 rings (SSSR count). The number of hydrogen-bond acceptors (Lipinski definition) is 3. The monoisotopic (exact) mass is 168 g/mol. The van der Waals surface area contributed by atoms with Crippen LogP contribution in [0.3, 0.4) is 0 Å². The van der Waals surface area contributed by atoms with Crippen molar-refractivity contribution in [3.05, 3.63) is 0 Å². The van der Waals surface area contributed by atoms with Gasteiger partial charge in [-0.15, -0.1) is 0 Å². The highest BCUT2D eigenvalue weighted by Gasteiger charge is 2.49. The molecule has 0 saturated heterocycles. The van der Waals surface area contributed by atoms with E-state index >= 15 is 0 Å². The summed E-state index contributed by atoms with van der Waals surface area (Å²) in [6.07, 6.45) is 2.41. The quantitative estimate of drug-likeness (QED) is 0.547. The number of carbonyl (C=O) groups is 2. The molecule has 0 unspecified atom stereocenters. The smallest absolute Gasteiger partial charge is 0.303 e. The molecule has 0 aromatic rings. The van der Waals surface area contributed by atoms with Gasteiger partial charge in [-0.1, -0.05) is 0 Å². The van der Waals surface area contributed by atoms with Gasteiger partial charge in [-0.25, -0.2) is 0 Å². The molecule has 0 amide bonds. The van der Waals surface area contributed by atoms with Crippen molar-refractivity contribution in [3.63, 3.8) is 0 Å². The summed E-state index contributed by atoms with van der Waals surface area (Å²) < 4.78 is 4.97. The van der Waals surface area contributed by atoms with Crippen molar-refractivity contribution in [1.82, 2.24) is 0 Å². The number of ether oxygens (including phenoxy) is 1. The average molecular weight is 168 g/mol. The topological polar surface area (TPSA) is 43.4 Å². The van der Waals surface area contributed by atoms with Crippen LogP contribution in [0.15, 0.2) is 0 Å². The van der Waals surface area contributed by atoms with E-state index in [0.717, 1.165) is 12.8 Å². The fraction of sp³-hybridized carbons (Fsp3) is 0.778. The minimum absolute atomic E-state index is 0.123. The van der Waals surface area contributed by atoms with Crippen molar-refractivity contribution >= 4 is 11.8 Å². The van der Waals surface area contributed by atoms with Crippen LogP contribution in [0.1, 0.15) is 26.2 Å². The molecule has 2 aliphatic carbocycles. The molecule has 66 valence electrons. The number of carbonyl (C=O) groups excluding carboxylic acids is 2. The van der Waals surface area contributed by atoms with E-state index in [4.69, 9.17) is 4.74 Å². The Hall–Kier alpha value is -0.860. The molecule has 3 atom stereocenters. The first kappa shape index (κ1) is 7.77. The fourth-order valence-corrected chi connectivity index (χ4v) is 2.19. The third-order valence-electron chi connectivity index (χ3n) is 2.94. The van der Waals surface area contributed by atoms with Crippen LogP contribution in [-0.2, 0) is 14.3 Å². The number of Topliss-reactive ketones (excluding diaryl/α,β-unsaturated/α-hetero) is 1. The van der Waals surface area contributed by atoms with Crippen molar-refractivity contribution in [1.29, 1.82) is 0 Å². The van der Waals surface area contributed by atoms with Crippen LogP contribution in [0.5, 0.6) is 0 Å². The van der Waals surface area contributed by atoms with E-state index in [2.05, 4.69) is 0 Å². The molecular formula is C9H12O3. The highest BCUT2D eigenvalue weighted by atomic mass is 16.5. The lowest BCUT2D eigenvalue weighted by Gasteiger charge is -2.31. The van der Waals surface area contributed by atoms with Gasteiger partial charge in [0, 0.05) is 19.3 Å². The second-order valence-electron chi connectivity index (χ2n) is 3.70. The van der Waals surface area contributed by atoms with E-state index in [1.54, 1.807) is 0 Å². The minimum Gasteiger partial charge on any atom is -0.454 e.